The minimum atomic E-state index is 0.695. The van der Waals surface area contributed by atoms with Crippen molar-refractivity contribution in [1.82, 2.24) is 19.1 Å². The Hall–Kier alpha value is -7.86. The minimum absolute atomic E-state index is 0.695. The molecule has 0 aliphatic carbocycles. The fourth-order valence-electron chi connectivity index (χ4n) is 9.64. The summed E-state index contributed by atoms with van der Waals surface area (Å²) in [7, 11) is 0. The van der Waals surface area contributed by atoms with Crippen LogP contribution in [0.4, 0.5) is 0 Å². The molecule has 0 spiro atoms. The van der Waals surface area contributed by atoms with Crippen molar-refractivity contribution in [2.75, 3.05) is 0 Å². The van der Waals surface area contributed by atoms with Crippen LogP contribution in [0.5, 0.6) is 0 Å². The molecule has 0 fully saturated rings. The van der Waals surface area contributed by atoms with E-state index in [1.54, 1.807) is 0 Å². The summed E-state index contributed by atoms with van der Waals surface area (Å²) < 4.78 is 7.33. The van der Waals surface area contributed by atoms with E-state index in [1.807, 2.05) is 11.3 Å². The highest BCUT2D eigenvalue weighted by atomic mass is 32.1. The van der Waals surface area contributed by atoms with Crippen LogP contribution in [-0.4, -0.2) is 19.1 Å². The standard InChI is InChI=1S/C56H34N4S/c1-4-16-35(17-5-1)46-34-47(36-28-31-50-44(32-36)39-22-10-13-25-48(39)59(50)37-18-6-2-7-19-37)58-56(57-46)45-33-51-53(43-24-11-14-26-49(43)60(51)38-20-8-3-9-21-38)54-41(45)29-30-42-40-23-12-15-27-52(40)61-55(42)54/h1-34H. The molecule has 4 aromatic heterocycles. The van der Waals surface area contributed by atoms with E-state index in [0.717, 1.165) is 55.9 Å². The Bertz CT molecular complexity index is 3860. The molecule has 0 bridgehead atoms. The lowest BCUT2D eigenvalue weighted by atomic mass is 9.96. The second-order valence-corrected chi connectivity index (χ2v) is 16.8. The summed E-state index contributed by atoms with van der Waals surface area (Å²) in [5, 5.41) is 9.79. The average molecular weight is 795 g/mol. The zero-order chi connectivity index (χ0) is 40.0. The maximum Gasteiger partial charge on any atom is 0.161 e. The molecule has 5 heteroatoms. The monoisotopic (exact) mass is 794 g/mol. The van der Waals surface area contributed by atoms with Crippen molar-refractivity contribution >= 4 is 85.9 Å². The van der Waals surface area contributed by atoms with Crippen molar-refractivity contribution in [2.45, 2.75) is 0 Å². The summed E-state index contributed by atoms with van der Waals surface area (Å²) in [5.74, 6) is 0.695. The Morgan fingerprint density at radius 3 is 1.64 bits per heavy atom. The summed E-state index contributed by atoms with van der Waals surface area (Å²) in [5.41, 5.74) is 11.7. The van der Waals surface area contributed by atoms with Crippen LogP contribution in [0.1, 0.15) is 0 Å². The van der Waals surface area contributed by atoms with E-state index in [-0.39, 0.29) is 0 Å². The van der Waals surface area contributed by atoms with E-state index >= 15 is 0 Å². The fourth-order valence-corrected chi connectivity index (χ4v) is 10.9. The van der Waals surface area contributed by atoms with E-state index in [0.29, 0.717) is 5.82 Å². The van der Waals surface area contributed by atoms with Gasteiger partial charge in [-0.3, -0.25) is 0 Å². The van der Waals surface area contributed by atoms with Crippen LogP contribution < -0.4 is 0 Å². The Morgan fingerprint density at radius 1 is 0.344 bits per heavy atom. The molecule has 0 atom stereocenters. The zero-order valence-electron chi connectivity index (χ0n) is 32.8. The first-order valence-electron chi connectivity index (χ1n) is 20.7. The van der Waals surface area contributed by atoms with E-state index in [2.05, 4.69) is 215 Å². The summed E-state index contributed by atoms with van der Waals surface area (Å²) in [4.78, 5) is 11.0. The first-order chi connectivity index (χ1) is 30.3. The summed E-state index contributed by atoms with van der Waals surface area (Å²) >= 11 is 1.87. The van der Waals surface area contributed by atoms with Crippen molar-refractivity contribution in [3.05, 3.63) is 206 Å². The Balaban J connectivity index is 1.14. The minimum Gasteiger partial charge on any atom is -0.309 e. The van der Waals surface area contributed by atoms with Gasteiger partial charge in [-0.05, 0) is 72.1 Å². The van der Waals surface area contributed by atoms with Gasteiger partial charge in [-0.15, -0.1) is 11.3 Å². The van der Waals surface area contributed by atoms with E-state index in [1.165, 1.54) is 58.1 Å². The third-order valence-corrected chi connectivity index (χ3v) is 13.5. The molecule has 0 amide bonds. The topological polar surface area (TPSA) is 35.6 Å². The van der Waals surface area contributed by atoms with Crippen LogP contribution >= 0.6 is 11.3 Å². The molecule has 13 aromatic rings. The predicted molar refractivity (Wildman–Crippen MR) is 257 cm³/mol. The largest absolute Gasteiger partial charge is 0.309 e. The summed E-state index contributed by atoms with van der Waals surface area (Å²) in [6.45, 7) is 0. The Morgan fingerprint density at radius 2 is 0.902 bits per heavy atom. The van der Waals surface area contributed by atoms with Crippen LogP contribution in [0.25, 0.3) is 120 Å². The molecule has 284 valence electrons. The molecular formula is C56H34N4S. The SMILES string of the molecule is c1ccc(-c2cc(-c3ccc4c(c3)c3ccccc3n4-c3ccccc3)nc(-c3cc4c(c5ccccc5n4-c4ccccc4)c4c3ccc3c5ccccc5sc34)n2)cc1. The molecule has 0 saturated heterocycles. The second-order valence-electron chi connectivity index (χ2n) is 15.7. The number of para-hydroxylation sites is 4. The highest BCUT2D eigenvalue weighted by Gasteiger charge is 2.23. The van der Waals surface area contributed by atoms with E-state index in [9.17, 15) is 0 Å². The highest BCUT2D eigenvalue weighted by molar-refractivity contribution is 7.26. The van der Waals surface area contributed by atoms with Gasteiger partial charge in [0, 0.05) is 75.2 Å². The Kier molecular flexibility index (Phi) is 7.44. The quantitative estimate of drug-likeness (QED) is 0.174. The molecular weight excluding hydrogens is 761 g/mol. The van der Waals surface area contributed by atoms with E-state index < -0.39 is 0 Å². The van der Waals surface area contributed by atoms with Gasteiger partial charge >= 0.3 is 0 Å². The van der Waals surface area contributed by atoms with Crippen LogP contribution in [0, 0.1) is 0 Å². The lowest BCUT2D eigenvalue weighted by Gasteiger charge is -2.14. The number of benzene rings is 9. The van der Waals surface area contributed by atoms with Crippen LogP contribution in [0.3, 0.4) is 0 Å². The van der Waals surface area contributed by atoms with Gasteiger partial charge in [0.2, 0.25) is 0 Å². The molecule has 0 aliphatic heterocycles. The Labute approximate surface area is 354 Å². The molecule has 4 heterocycles. The normalized spacial score (nSPS) is 11.9. The van der Waals surface area contributed by atoms with Crippen molar-refractivity contribution in [3.63, 3.8) is 0 Å². The number of hydrogen-bond donors (Lipinski definition) is 0. The van der Waals surface area contributed by atoms with Crippen LogP contribution in [-0.2, 0) is 0 Å². The van der Waals surface area contributed by atoms with Crippen molar-refractivity contribution in [3.8, 4) is 45.3 Å². The van der Waals surface area contributed by atoms with Gasteiger partial charge in [-0.2, -0.15) is 0 Å². The first kappa shape index (κ1) is 34.0. The fraction of sp³-hybridized carbons (Fsp3) is 0. The number of fused-ring (bicyclic) bond motifs is 12. The smallest absolute Gasteiger partial charge is 0.161 e. The summed E-state index contributed by atoms with van der Waals surface area (Å²) in [6, 6.07) is 74.0. The van der Waals surface area contributed by atoms with Crippen LogP contribution in [0.2, 0.25) is 0 Å². The maximum absolute atomic E-state index is 5.56. The molecule has 0 aliphatic rings. The number of rotatable bonds is 5. The van der Waals surface area contributed by atoms with Gasteiger partial charge in [0.1, 0.15) is 0 Å². The average Bonchev–Trinajstić information content (AvgIpc) is 3.99. The third-order valence-electron chi connectivity index (χ3n) is 12.3. The number of hydrogen-bond acceptors (Lipinski definition) is 3. The van der Waals surface area contributed by atoms with Gasteiger partial charge in [0.05, 0.1) is 33.5 Å². The maximum atomic E-state index is 5.56. The molecule has 0 radical (unpaired) electrons. The van der Waals surface area contributed by atoms with Gasteiger partial charge in [0.15, 0.2) is 5.82 Å². The van der Waals surface area contributed by atoms with Crippen LogP contribution in [0.15, 0.2) is 206 Å². The number of aromatic nitrogens is 4. The lowest BCUT2D eigenvalue weighted by molar-refractivity contribution is 1.17. The van der Waals surface area contributed by atoms with Gasteiger partial charge in [0.25, 0.3) is 0 Å². The molecule has 4 nitrogen and oxygen atoms in total. The highest BCUT2D eigenvalue weighted by Crippen LogP contribution is 2.47. The van der Waals surface area contributed by atoms with Crippen molar-refractivity contribution in [1.29, 1.82) is 0 Å². The molecule has 0 unspecified atom stereocenters. The predicted octanol–water partition coefficient (Wildman–Crippen LogP) is 15.2. The zero-order valence-corrected chi connectivity index (χ0v) is 33.6. The first-order valence-corrected chi connectivity index (χ1v) is 21.5. The number of thiophene rings is 1. The van der Waals surface area contributed by atoms with Gasteiger partial charge in [-0.25, -0.2) is 9.97 Å². The molecule has 0 saturated carbocycles. The molecule has 61 heavy (non-hydrogen) atoms. The number of nitrogens with zero attached hydrogens (tertiary/aromatic N) is 4. The third kappa shape index (κ3) is 5.18. The van der Waals surface area contributed by atoms with Gasteiger partial charge < -0.3 is 9.13 Å². The molecule has 9 aromatic carbocycles. The molecule has 0 N–H and O–H groups in total. The second kappa shape index (κ2) is 13.3. The van der Waals surface area contributed by atoms with E-state index in [4.69, 9.17) is 9.97 Å². The van der Waals surface area contributed by atoms with Crippen molar-refractivity contribution in [2.24, 2.45) is 0 Å². The summed E-state index contributed by atoms with van der Waals surface area (Å²) in [6.07, 6.45) is 0. The lowest BCUT2D eigenvalue weighted by Crippen LogP contribution is -1.98. The van der Waals surface area contributed by atoms with Crippen molar-refractivity contribution < 1.29 is 0 Å². The molecule has 13 rings (SSSR count). The van der Waals surface area contributed by atoms with Gasteiger partial charge in [-0.1, -0.05) is 140 Å².